The maximum atomic E-state index is 13.6. The van der Waals surface area contributed by atoms with Gasteiger partial charge in [-0.1, -0.05) is 0 Å². The van der Waals surface area contributed by atoms with Gasteiger partial charge in [0.2, 0.25) is 15.9 Å². The number of carbonyl (C=O) groups excluding carboxylic acids is 2. The minimum absolute atomic E-state index is 0.0466. The van der Waals surface area contributed by atoms with Crippen LogP contribution in [0.2, 0.25) is 0 Å². The van der Waals surface area contributed by atoms with E-state index in [0.29, 0.717) is 53.6 Å². The molecule has 2 N–H and O–H groups in total. The number of fused-ring (bicyclic) bond motifs is 1. The summed E-state index contributed by atoms with van der Waals surface area (Å²) in [6, 6.07) is 8.11. The van der Waals surface area contributed by atoms with Gasteiger partial charge in [0, 0.05) is 25.2 Å². The van der Waals surface area contributed by atoms with Gasteiger partial charge in [-0.05, 0) is 50.5 Å². The van der Waals surface area contributed by atoms with E-state index in [-0.39, 0.29) is 23.3 Å². The van der Waals surface area contributed by atoms with Crippen LogP contribution in [0.3, 0.4) is 0 Å². The van der Waals surface area contributed by atoms with E-state index < -0.39 is 22.0 Å². The molecule has 1 saturated heterocycles. The Morgan fingerprint density at radius 2 is 1.97 bits per heavy atom. The predicted molar refractivity (Wildman–Crippen MR) is 130 cm³/mol. The number of aryl methyl sites for hydroxylation is 1. The van der Waals surface area contributed by atoms with Crippen LogP contribution < -0.4 is 24.8 Å². The third-order valence-corrected chi connectivity index (χ3v) is 8.25. The third kappa shape index (κ3) is 4.92. The zero-order valence-corrected chi connectivity index (χ0v) is 20.9. The van der Waals surface area contributed by atoms with Gasteiger partial charge in [-0.25, -0.2) is 8.42 Å². The quantitative estimate of drug-likeness (QED) is 0.621. The molecule has 11 heteroatoms. The highest BCUT2D eigenvalue weighted by Crippen LogP contribution is 2.36. The maximum Gasteiger partial charge on any atom is 0.265 e. The summed E-state index contributed by atoms with van der Waals surface area (Å²) in [4.78, 5) is 25.1. The van der Waals surface area contributed by atoms with E-state index in [1.165, 1.54) is 24.6 Å². The summed E-state index contributed by atoms with van der Waals surface area (Å²) in [5.74, 6) is 0.221. The number of ether oxygens (including phenoxy) is 3. The summed E-state index contributed by atoms with van der Waals surface area (Å²) in [6.07, 6.45) is 0.373. The highest BCUT2D eigenvalue weighted by molar-refractivity contribution is 7.89. The fourth-order valence-electron chi connectivity index (χ4n) is 4.28. The van der Waals surface area contributed by atoms with Crippen LogP contribution in [0.5, 0.6) is 17.2 Å². The number of benzene rings is 2. The van der Waals surface area contributed by atoms with Gasteiger partial charge >= 0.3 is 0 Å². The number of sulfonamides is 1. The molecule has 0 bridgehead atoms. The first-order valence-electron chi connectivity index (χ1n) is 11.3. The lowest BCUT2D eigenvalue weighted by Crippen LogP contribution is -2.44. The molecule has 10 nitrogen and oxygen atoms in total. The number of carbonyl (C=O) groups is 2. The maximum absolute atomic E-state index is 13.6. The van der Waals surface area contributed by atoms with Crippen LogP contribution in [0.4, 0.5) is 11.4 Å². The van der Waals surface area contributed by atoms with Crippen LogP contribution in [0.1, 0.15) is 25.3 Å². The summed E-state index contributed by atoms with van der Waals surface area (Å²) in [7, 11) is -0.873. The van der Waals surface area contributed by atoms with E-state index in [0.717, 1.165) is 0 Å². The minimum atomic E-state index is -3.90. The Hall–Kier alpha value is -3.31. The number of hydrogen-bond donors (Lipinski definition) is 2. The molecule has 4 rings (SSSR count). The molecule has 0 aromatic heterocycles. The van der Waals surface area contributed by atoms with Crippen molar-refractivity contribution < 1.29 is 32.2 Å². The van der Waals surface area contributed by atoms with Crippen LogP contribution >= 0.6 is 0 Å². The van der Waals surface area contributed by atoms with Crippen molar-refractivity contribution in [3.8, 4) is 17.2 Å². The number of piperidine rings is 1. The van der Waals surface area contributed by atoms with Crippen molar-refractivity contribution in [1.29, 1.82) is 0 Å². The molecule has 2 atom stereocenters. The second-order valence-corrected chi connectivity index (χ2v) is 10.5. The fourth-order valence-corrected chi connectivity index (χ4v) is 6.03. The molecule has 2 unspecified atom stereocenters. The number of hydrogen-bond acceptors (Lipinski definition) is 7. The highest BCUT2D eigenvalue weighted by Gasteiger charge is 2.35. The molecule has 2 amide bonds. The summed E-state index contributed by atoms with van der Waals surface area (Å²) in [5.41, 5.74) is 1.37. The summed E-state index contributed by atoms with van der Waals surface area (Å²) >= 11 is 0. The number of nitrogens with zero attached hydrogens (tertiary/aromatic N) is 1. The highest BCUT2D eigenvalue weighted by atomic mass is 32.2. The van der Waals surface area contributed by atoms with Gasteiger partial charge in [0.25, 0.3) is 5.91 Å². The first-order valence-corrected chi connectivity index (χ1v) is 12.7. The number of nitrogens with one attached hydrogen (secondary N) is 2. The monoisotopic (exact) mass is 503 g/mol. The predicted octanol–water partition coefficient (Wildman–Crippen LogP) is 2.77. The molecule has 0 spiro atoms. The average Bonchev–Trinajstić information content (AvgIpc) is 2.84. The van der Waals surface area contributed by atoms with Crippen molar-refractivity contribution in [2.75, 3.05) is 37.9 Å². The Morgan fingerprint density at radius 1 is 1.20 bits per heavy atom. The van der Waals surface area contributed by atoms with Crippen molar-refractivity contribution in [2.45, 2.75) is 37.7 Å². The molecule has 2 aromatic carbocycles. The Morgan fingerprint density at radius 3 is 2.69 bits per heavy atom. The molecule has 188 valence electrons. The number of rotatable bonds is 6. The Labute approximate surface area is 204 Å². The van der Waals surface area contributed by atoms with E-state index in [4.69, 9.17) is 14.2 Å². The molecular formula is C24H29N3O7S. The topological polar surface area (TPSA) is 123 Å². The van der Waals surface area contributed by atoms with Crippen molar-refractivity contribution in [3.63, 3.8) is 0 Å². The molecule has 2 aliphatic heterocycles. The summed E-state index contributed by atoms with van der Waals surface area (Å²) < 4.78 is 44.6. The molecule has 0 saturated carbocycles. The third-order valence-electron chi connectivity index (χ3n) is 6.25. The first-order chi connectivity index (χ1) is 16.6. The van der Waals surface area contributed by atoms with Crippen LogP contribution in [-0.4, -0.2) is 58.0 Å². The van der Waals surface area contributed by atoms with Crippen LogP contribution in [0, 0.1) is 12.8 Å². The molecular weight excluding hydrogens is 474 g/mol. The SMILES string of the molecule is COc1ccc(OC)c(NC(=O)C2CCCN(S(=O)(=O)c3cc4c(cc3C)NC(=O)C(C)O4)C2)c1. The summed E-state index contributed by atoms with van der Waals surface area (Å²) in [6.45, 7) is 3.61. The van der Waals surface area contributed by atoms with Gasteiger partial charge in [-0.3, -0.25) is 9.59 Å². The second kappa shape index (κ2) is 9.74. The molecule has 2 aliphatic rings. The van der Waals surface area contributed by atoms with Crippen LogP contribution in [0.15, 0.2) is 35.2 Å². The molecule has 35 heavy (non-hydrogen) atoms. The first kappa shape index (κ1) is 24.8. The van der Waals surface area contributed by atoms with Crippen molar-refractivity contribution in [1.82, 2.24) is 4.31 Å². The molecule has 0 radical (unpaired) electrons. The Kier molecular flexibility index (Phi) is 6.91. The largest absolute Gasteiger partial charge is 0.497 e. The lowest BCUT2D eigenvalue weighted by molar-refractivity contribution is -0.123. The van der Waals surface area contributed by atoms with E-state index >= 15 is 0 Å². The number of methoxy groups -OCH3 is 2. The standard InChI is InChI=1S/C24H29N3O7S/c1-14-10-18-21(34-15(2)23(28)25-18)12-22(14)35(30,31)27-9-5-6-16(13-27)24(29)26-19-11-17(32-3)7-8-20(19)33-4/h7-8,10-12,15-16H,5-6,9,13H2,1-4H3,(H,25,28)(H,26,29). The number of anilines is 2. The van der Waals surface area contributed by atoms with E-state index in [9.17, 15) is 18.0 Å². The molecule has 1 fully saturated rings. The molecule has 2 aromatic rings. The Balaban J connectivity index is 1.55. The van der Waals surface area contributed by atoms with Gasteiger partial charge < -0.3 is 24.8 Å². The summed E-state index contributed by atoms with van der Waals surface area (Å²) in [5, 5.41) is 5.58. The van der Waals surface area contributed by atoms with Crippen molar-refractivity contribution >= 4 is 33.2 Å². The van der Waals surface area contributed by atoms with Gasteiger partial charge in [-0.2, -0.15) is 4.31 Å². The normalized spacial score (nSPS) is 20.3. The lowest BCUT2D eigenvalue weighted by Gasteiger charge is -2.32. The smallest absolute Gasteiger partial charge is 0.265 e. The van der Waals surface area contributed by atoms with Gasteiger partial charge in [0.05, 0.1) is 36.4 Å². The van der Waals surface area contributed by atoms with E-state index in [1.807, 2.05) is 0 Å². The Bertz CT molecular complexity index is 1260. The zero-order chi connectivity index (χ0) is 25.3. The second-order valence-electron chi connectivity index (χ2n) is 8.62. The van der Waals surface area contributed by atoms with E-state index in [1.54, 1.807) is 38.1 Å². The van der Waals surface area contributed by atoms with E-state index in [2.05, 4.69) is 10.6 Å². The van der Waals surface area contributed by atoms with Gasteiger partial charge in [0.15, 0.2) is 6.10 Å². The number of amides is 2. The van der Waals surface area contributed by atoms with Gasteiger partial charge in [-0.15, -0.1) is 0 Å². The minimum Gasteiger partial charge on any atom is -0.497 e. The van der Waals surface area contributed by atoms with Crippen LogP contribution in [0.25, 0.3) is 0 Å². The fraction of sp³-hybridized carbons (Fsp3) is 0.417. The van der Waals surface area contributed by atoms with Crippen LogP contribution in [-0.2, 0) is 19.6 Å². The molecule has 2 heterocycles. The van der Waals surface area contributed by atoms with Crippen molar-refractivity contribution in [3.05, 3.63) is 35.9 Å². The lowest BCUT2D eigenvalue weighted by atomic mass is 9.98. The average molecular weight is 504 g/mol. The zero-order valence-electron chi connectivity index (χ0n) is 20.1. The van der Waals surface area contributed by atoms with Gasteiger partial charge in [0.1, 0.15) is 17.2 Å². The molecule has 0 aliphatic carbocycles. The van der Waals surface area contributed by atoms with Crippen molar-refractivity contribution in [2.24, 2.45) is 5.92 Å².